The van der Waals surface area contributed by atoms with Crippen molar-refractivity contribution in [2.24, 2.45) is 0 Å². The first-order chi connectivity index (χ1) is 16.4. The minimum atomic E-state index is -0.598. The van der Waals surface area contributed by atoms with Crippen LogP contribution in [0.25, 0.3) is 11.3 Å². The summed E-state index contributed by atoms with van der Waals surface area (Å²) in [7, 11) is 4.55. The highest BCUT2D eigenvalue weighted by atomic mass is 16.6. The summed E-state index contributed by atoms with van der Waals surface area (Å²) >= 11 is 0. The number of nitro benzene ring substituents is 1. The fourth-order valence-electron chi connectivity index (χ4n) is 3.44. The van der Waals surface area contributed by atoms with E-state index in [0.717, 1.165) is 17.0 Å². The average molecular weight is 469 g/mol. The lowest BCUT2D eigenvalue weighted by atomic mass is 10.1. The van der Waals surface area contributed by atoms with Crippen molar-refractivity contribution in [3.05, 3.63) is 69.9 Å². The molecule has 0 bridgehead atoms. The molecule has 1 aromatic heterocycles. The molecule has 3 rings (SSSR count). The van der Waals surface area contributed by atoms with Crippen molar-refractivity contribution in [3.63, 3.8) is 0 Å². The van der Waals surface area contributed by atoms with Crippen LogP contribution in [0.5, 0.6) is 11.5 Å². The number of hydrogen-bond donors (Lipinski definition) is 1. The number of hydrogen-bond acceptors (Lipinski definition) is 7. The van der Waals surface area contributed by atoms with E-state index in [1.165, 1.54) is 31.3 Å². The van der Waals surface area contributed by atoms with Crippen LogP contribution in [-0.2, 0) is 11.2 Å². The Hall–Kier alpha value is -3.92. The molecule has 0 radical (unpaired) electrons. The Bertz CT molecular complexity index is 1120. The molecule has 0 fully saturated rings. The molecule has 10 heteroatoms. The third kappa shape index (κ3) is 6.10. The van der Waals surface area contributed by atoms with Crippen LogP contribution < -0.4 is 9.47 Å². The van der Waals surface area contributed by atoms with Crippen LogP contribution in [-0.4, -0.2) is 67.0 Å². The molecular formula is C24H28N4O6. The van der Waals surface area contributed by atoms with E-state index in [4.69, 9.17) is 14.2 Å². The number of amides is 1. The number of carbonyl (C=O) groups is 1. The number of nitrogens with zero attached hydrogens (tertiary/aromatic N) is 3. The van der Waals surface area contributed by atoms with Crippen molar-refractivity contribution >= 4 is 11.6 Å². The molecular weight excluding hydrogens is 440 g/mol. The number of H-pyrrole nitrogens is 1. The zero-order chi connectivity index (χ0) is 24.5. The molecule has 0 aliphatic carbocycles. The second-order valence-corrected chi connectivity index (χ2v) is 7.59. The van der Waals surface area contributed by atoms with Gasteiger partial charge in [0.15, 0.2) is 11.5 Å². The van der Waals surface area contributed by atoms with E-state index in [2.05, 4.69) is 10.2 Å². The molecule has 34 heavy (non-hydrogen) atoms. The number of carbonyl (C=O) groups excluding carboxylic acids is 1. The first-order valence-corrected chi connectivity index (χ1v) is 10.8. The number of ether oxygens (including phenoxy) is 3. The lowest BCUT2D eigenvalue weighted by Gasteiger charge is -2.18. The second kappa shape index (κ2) is 11.8. The van der Waals surface area contributed by atoms with Crippen molar-refractivity contribution in [3.8, 4) is 22.8 Å². The topological polar surface area (TPSA) is 120 Å². The van der Waals surface area contributed by atoms with Gasteiger partial charge < -0.3 is 19.1 Å². The molecule has 2 aromatic carbocycles. The normalized spacial score (nSPS) is 10.7. The van der Waals surface area contributed by atoms with Crippen LogP contribution in [0.1, 0.15) is 22.5 Å². The SMILES string of the molecule is COCCOc1cc([N+](=O)[O-])c(C(=O)N(C)CCCc2cc(-c3ccccc3)n[nH]2)cc1OC. The van der Waals surface area contributed by atoms with Crippen LogP contribution in [0.2, 0.25) is 0 Å². The largest absolute Gasteiger partial charge is 0.493 e. The Morgan fingerprint density at radius 1 is 1.12 bits per heavy atom. The maximum absolute atomic E-state index is 13.0. The van der Waals surface area contributed by atoms with Crippen molar-refractivity contribution in [2.75, 3.05) is 41.0 Å². The molecule has 180 valence electrons. The molecule has 0 aliphatic heterocycles. The highest BCUT2D eigenvalue weighted by molar-refractivity contribution is 5.99. The Balaban J connectivity index is 1.66. The van der Waals surface area contributed by atoms with Crippen LogP contribution in [0, 0.1) is 10.1 Å². The number of methoxy groups -OCH3 is 2. The Kier molecular flexibility index (Phi) is 8.58. The number of rotatable bonds is 12. The third-order valence-electron chi connectivity index (χ3n) is 5.24. The summed E-state index contributed by atoms with van der Waals surface area (Å²) in [5.41, 5.74) is 2.43. The first-order valence-electron chi connectivity index (χ1n) is 10.8. The lowest BCUT2D eigenvalue weighted by molar-refractivity contribution is -0.385. The van der Waals surface area contributed by atoms with E-state index < -0.39 is 10.8 Å². The van der Waals surface area contributed by atoms with Crippen LogP contribution in [0.3, 0.4) is 0 Å². The Morgan fingerprint density at radius 3 is 2.56 bits per heavy atom. The zero-order valence-corrected chi connectivity index (χ0v) is 19.4. The highest BCUT2D eigenvalue weighted by Crippen LogP contribution is 2.35. The van der Waals surface area contributed by atoms with Gasteiger partial charge in [0.25, 0.3) is 11.6 Å². The number of aromatic amines is 1. The number of aromatic nitrogens is 2. The van der Waals surface area contributed by atoms with E-state index in [-0.39, 0.29) is 29.4 Å². The molecule has 0 unspecified atom stereocenters. The van der Waals surface area contributed by atoms with E-state index >= 15 is 0 Å². The van der Waals surface area contributed by atoms with Gasteiger partial charge in [-0.05, 0) is 18.9 Å². The zero-order valence-electron chi connectivity index (χ0n) is 19.4. The Labute approximate surface area is 197 Å². The van der Waals surface area contributed by atoms with Gasteiger partial charge in [0.2, 0.25) is 0 Å². The van der Waals surface area contributed by atoms with Gasteiger partial charge in [-0.25, -0.2) is 0 Å². The van der Waals surface area contributed by atoms with Gasteiger partial charge in [0, 0.05) is 38.0 Å². The van der Waals surface area contributed by atoms with E-state index in [1.807, 2.05) is 36.4 Å². The highest BCUT2D eigenvalue weighted by Gasteiger charge is 2.26. The summed E-state index contributed by atoms with van der Waals surface area (Å²) in [6.07, 6.45) is 1.33. The van der Waals surface area contributed by atoms with Crippen molar-refractivity contribution in [2.45, 2.75) is 12.8 Å². The first kappa shape index (κ1) is 24.7. The van der Waals surface area contributed by atoms with Gasteiger partial charge in [0.1, 0.15) is 12.2 Å². The summed E-state index contributed by atoms with van der Waals surface area (Å²) in [4.78, 5) is 25.5. The van der Waals surface area contributed by atoms with Crippen molar-refractivity contribution in [1.82, 2.24) is 15.1 Å². The Morgan fingerprint density at radius 2 is 1.88 bits per heavy atom. The quantitative estimate of drug-likeness (QED) is 0.244. The minimum absolute atomic E-state index is 0.0589. The number of aryl methyl sites for hydroxylation is 1. The summed E-state index contributed by atoms with van der Waals surface area (Å²) in [6.45, 7) is 0.907. The second-order valence-electron chi connectivity index (χ2n) is 7.59. The molecule has 1 N–H and O–H groups in total. The van der Waals surface area contributed by atoms with Crippen molar-refractivity contribution in [1.29, 1.82) is 0 Å². The molecule has 0 spiro atoms. The maximum atomic E-state index is 13.0. The smallest absolute Gasteiger partial charge is 0.286 e. The lowest BCUT2D eigenvalue weighted by Crippen LogP contribution is -2.28. The average Bonchev–Trinajstić information content (AvgIpc) is 3.32. The fourth-order valence-corrected chi connectivity index (χ4v) is 3.44. The monoisotopic (exact) mass is 468 g/mol. The maximum Gasteiger partial charge on any atom is 0.286 e. The van der Waals surface area contributed by atoms with E-state index in [9.17, 15) is 14.9 Å². The van der Waals surface area contributed by atoms with Gasteiger partial charge in [-0.3, -0.25) is 20.0 Å². The number of nitrogens with one attached hydrogen (secondary N) is 1. The van der Waals surface area contributed by atoms with Crippen molar-refractivity contribution < 1.29 is 23.9 Å². The predicted octanol–water partition coefficient (Wildman–Crippen LogP) is 3.72. The fraction of sp³-hybridized carbons (Fsp3) is 0.333. The van der Waals surface area contributed by atoms with Gasteiger partial charge in [-0.1, -0.05) is 30.3 Å². The van der Waals surface area contributed by atoms with Crippen LogP contribution in [0.4, 0.5) is 5.69 Å². The van der Waals surface area contributed by atoms with Crippen LogP contribution in [0.15, 0.2) is 48.5 Å². The molecule has 0 aliphatic rings. The third-order valence-corrected chi connectivity index (χ3v) is 5.24. The van der Waals surface area contributed by atoms with E-state index in [0.29, 0.717) is 26.0 Å². The van der Waals surface area contributed by atoms with Gasteiger partial charge in [-0.2, -0.15) is 5.10 Å². The molecule has 0 saturated carbocycles. The molecule has 0 atom stereocenters. The molecule has 1 heterocycles. The van der Waals surface area contributed by atoms with Gasteiger partial charge in [0.05, 0.1) is 30.4 Å². The summed E-state index contributed by atoms with van der Waals surface area (Å²) in [5, 5.41) is 19.0. The van der Waals surface area contributed by atoms with Crippen LogP contribution >= 0.6 is 0 Å². The number of benzene rings is 2. The summed E-state index contributed by atoms with van der Waals surface area (Å²) in [5.74, 6) is -0.0497. The summed E-state index contributed by atoms with van der Waals surface area (Å²) < 4.78 is 15.7. The predicted molar refractivity (Wildman–Crippen MR) is 126 cm³/mol. The van der Waals surface area contributed by atoms with Gasteiger partial charge >= 0.3 is 0 Å². The van der Waals surface area contributed by atoms with Gasteiger partial charge in [-0.15, -0.1) is 0 Å². The summed E-state index contributed by atoms with van der Waals surface area (Å²) in [6, 6.07) is 14.4. The number of nitro groups is 1. The molecule has 1 amide bonds. The molecule has 10 nitrogen and oxygen atoms in total. The van der Waals surface area contributed by atoms with E-state index in [1.54, 1.807) is 7.05 Å². The standard InChI is InChI=1S/C24H28N4O6/c1-27(11-7-10-18-14-20(26-25-18)17-8-5-4-6-9-17)24(29)19-15-22(33-3)23(34-13-12-32-2)16-21(19)28(30)31/h4-6,8-9,14-16H,7,10-13H2,1-3H3,(H,25,26). The minimum Gasteiger partial charge on any atom is -0.493 e. The molecule has 3 aromatic rings. The molecule has 0 saturated heterocycles.